The Morgan fingerprint density at radius 3 is 2.75 bits per heavy atom. The number of carbonyl (C=O) groups is 2. The maximum absolute atomic E-state index is 13.0. The summed E-state index contributed by atoms with van der Waals surface area (Å²) in [5.74, 6) is 0.452. The Morgan fingerprint density at radius 1 is 1.38 bits per heavy atom. The normalized spacial score (nSPS) is 27.2. The monoisotopic (exact) mass is 330 g/mol. The summed E-state index contributed by atoms with van der Waals surface area (Å²) in [6, 6.07) is 4.04. The van der Waals surface area contributed by atoms with Crippen molar-refractivity contribution in [3.05, 3.63) is 30.1 Å². The number of hydrogen-bond donors (Lipinski definition) is 0. The van der Waals surface area contributed by atoms with E-state index in [0.717, 1.165) is 26.1 Å². The summed E-state index contributed by atoms with van der Waals surface area (Å²) in [7, 11) is 3.46. The number of pyridine rings is 1. The standard InChI is InChI=1S/C18H26N4O2/c1-14-10-21(11-15-4-7-19-8-5-15)13-18(14)6-9-22(17(18)24)12-16(23)20(2)3/h4-5,7-8,14H,6,9-13H2,1-3H3/t14-,18-/m1/s1. The molecule has 3 heterocycles. The first-order valence-corrected chi connectivity index (χ1v) is 8.53. The van der Waals surface area contributed by atoms with Crippen LogP contribution in [0.2, 0.25) is 0 Å². The van der Waals surface area contributed by atoms with Gasteiger partial charge in [-0.05, 0) is 30.0 Å². The van der Waals surface area contributed by atoms with Crippen molar-refractivity contribution in [3.8, 4) is 0 Å². The molecule has 0 bridgehead atoms. The molecule has 2 amide bonds. The minimum atomic E-state index is -0.320. The van der Waals surface area contributed by atoms with E-state index in [1.54, 1.807) is 36.3 Å². The summed E-state index contributed by atoms with van der Waals surface area (Å²) < 4.78 is 0. The van der Waals surface area contributed by atoms with Crippen LogP contribution in [0, 0.1) is 11.3 Å². The number of carbonyl (C=O) groups excluding carboxylic acids is 2. The first-order chi connectivity index (χ1) is 11.4. The van der Waals surface area contributed by atoms with E-state index >= 15 is 0 Å². The van der Waals surface area contributed by atoms with Crippen molar-refractivity contribution in [2.24, 2.45) is 11.3 Å². The third-order valence-electron chi connectivity index (χ3n) is 5.50. The first kappa shape index (κ1) is 16.9. The van der Waals surface area contributed by atoms with E-state index in [-0.39, 0.29) is 23.8 Å². The molecule has 130 valence electrons. The zero-order chi connectivity index (χ0) is 17.3. The largest absolute Gasteiger partial charge is 0.347 e. The van der Waals surface area contributed by atoms with Gasteiger partial charge in [-0.15, -0.1) is 0 Å². The second-order valence-corrected chi connectivity index (χ2v) is 7.35. The Hall–Kier alpha value is -1.95. The van der Waals surface area contributed by atoms with E-state index in [9.17, 15) is 9.59 Å². The highest BCUT2D eigenvalue weighted by Crippen LogP contribution is 2.44. The fourth-order valence-corrected chi connectivity index (χ4v) is 3.97. The van der Waals surface area contributed by atoms with Gasteiger partial charge < -0.3 is 9.80 Å². The maximum atomic E-state index is 13.0. The molecule has 6 nitrogen and oxygen atoms in total. The van der Waals surface area contributed by atoms with E-state index < -0.39 is 0 Å². The number of likely N-dealkylation sites (N-methyl/N-ethyl adjacent to an activating group) is 1. The number of aromatic nitrogens is 1. The lowest BCUT2D eigenvalue weighted by atomic mass is 9.78. The average Bonchev–Trinajstić information content (AvgIpc) is 3.03. The van der Waals surface area contributed by atoms with Crippen molar-refractivity contribution >= 4 is 11.8 Å². The molecule has 0 saturated carbocycles. The van der Waals surface area contributed by atoms with Crippen LogP contribution < -0.4 is 0 Å². The smallest absolute Gasteiger partial charge is 0.241 e. The van der Waals surface area contributed by atoms with Crippen molar-refractivity contribution in [1.82, 2.24) is 19.7 Å². The van der Waals surface area contributed by atoms with Crippen LogP contribution in [0.1, 0.15) is 18.9 Å². The molecule has 0 aromatic carbocycles. The van der Waals surface area contributed by atoms with E-state index in [2.05, 4.69) is 16.8 Å². The van der Waals surface area contributed by atoms with Crippen LogP contribution in [0.15, 0.2) is 24.5 Å². The Morgan fingerprint density at radius 2 is 2.08 bits per heavy atom. The lowest BCUT2D eigenvalue weighted by molar-refractivity contribution is -0.142. The Balaban J connectivity index is 1.67. The fourth-order valence-electron chi connectivity index (χ4n) is 3.97. The van der Waals surface area contributed by atoms with Crippen molar-refractivity contribution in [1.29, 1.82) is 0 Å². The summed E-state index contributed by atoms with van der Waals surface area (Å²) in [5.41, 5.74) is 0.902. The highest BCUT2D eigenvalue weighted by molar-refractivity contribution is 5.90. The molecule has 0 radical (unpaired) electrons. The van der Waals surface area contributed by atoms with Crippen molar-refractivity contribution < 1.29 is 9.59 Å². The second kappa shape index (κ2) is 6.51. The third kappa shape index (κ3) is 3.02. The lowest BCUT2D eigenvalue weighted by Crippen LogP contribution is -2.43. The molecule has 1 aromatic heterocycles. The van der Waals surface area contributed by atoms with Gasteiger partial charge in [-0.1, -0.05) is 6.92 Å². The van der Waals surface area contributed by atoms with Gasteiger partial charge in [-0.2, -0.15) is 0 Å². The van der Waals surface area contributed by atoms with Gasteiger partial charge in [0, 0.05) is 52.7 Å². The SMILES string of the molecule is C[C@@H]1CN(Cc2ccncc2)C[C@]12CCN(CC(=O)N(C)C)C2=O. The molecular formula is C18H26N4O2. The number of nitrogens with zero attached hydrogens (tertiary/aromatic N) is 4. The molecule has 6 heteroatoms. The van der Waals surface area contributed by atoms with Crippen LogP contribution in [-0.4, -0.2) is 71.8 Å². The quantitative estimate of drug-likeness (QED) is 0.821. The van der Waals surface area contributed by atoms with Crippen molar-refractivity contribution in [2.45, 2.75) is 19.9 Å². The maximum Gasteiger partial charge on any atom is 0.241 e. The van der Waals surface area contributed by atoms with E-state index in [4.69, 9.17) is 0 Å². The summed E-state index contributed by atoms with van der Waals surface area (Å²) in [5, 5.41) is 0. The van der Waals surface area contributed by atoms with Gasteiger partial charge >= 0.3 is 0 Å². The zero-order valence-corrected chi connectivity index (χ0v) is 14.7. The topological polar surface area (TPSA) is 56.8 Å². The van der Waals surface area contributed by atoms with E-state index in [1.807, 2.05) is 12.1 Å². The summed E-state index contributed by atoms with van der Waals surface area (Å²) in [6.45, 7) is 5.60. The first-order valence-electron chi connectivity index (χ1n) is 8.53. The molecule has 1 spiro atoms. The van der Waals surface area contributed by atoms with Gasteiger partial charge in [0.25, 0.3) is 0 Å². The lowest BCUT2D eigenvalue weighted by Gasteiger charge is -2.27. The molecule has 3 rings (SSSR count). The van der Waals surface area contributed by atoms with Gasteiger partial charge in [0.15, 0.2) is 0 Å². The average molecular weight is 330 g/mol. The molecule has 24 heavy (non-hydrogen) atoms. The van der Waals surface area contributed by atoms with Gasteiger partial charge in [0.2, 0.25) is 11.8 Å². The number of hydrogen-bond acceptors (Lipinski definition) is 4. The van der Waals surface area contributed by atoms with Gasteiger partial charge in [-0.3, -0.25) is 19.5 Å². The molecule has 2 saturated heterocycles. The molecule has 2 fully saturated rings. The summed E-state index contributed by atoms with van der Waals surface area (Å²) in [6.07, 6.45) is 4.46. The second-order valence-electron chi connectivity index (χ2n) is 7.35. The predicted molar refractivity (Wildman–Crippen MR) is 91.0 cm³/mol. The Bertz CT molecular complexity index is 619. The minimum Gasteiger partial charge on any atom is -0.347 e. The summed E-state index contributed by atoms with van der Waals surface area (Å²) >= 11 is 0. The summed E-state index contributed by atoms with van der Waals surface area (Å²) in [4.78, 5) is 34.7. The highest BCUT2D eigenvalue weighted by Gasteiger charge is 2.54. The molecule has 2 atom stereocenters. The van der Waals surface area contributed by atoms with Gasteiger partial charge in [0.1, 0.15) is 0 Å². The third-order valence-corrected chi connectivity index (χ3v) is 5.50. The Labute approximate surface area is 143 Å². The van der Waals surface area contributed by atoms with Crippen LogP contribution in [0.3, 0.4) is 0 Å². The minimum absolute atomic E-state index is 0.0142. The molecular weight excluding hydrogens is 304 g/mol. The van der Waals surface area contributed by atoms with Crippen molar-refractivity contribution in [3.63, 3.8) is 0 Å². The molecule has 2 aliphatic heterocycles. The molecule has 0 N–H and O–H groups in total. The zero-order valence-electron chi connectivity index (χ0n) is 14.7. The van der Waals surface area contributed by atoms with Gasteiger partial charge in [0.05, 0.1) is 12.0 Å². The molecule has 2 aliphatic rings. The fraction of sp³-hybridized carbons (Fsp3) is 0.611. The number of rotatable bonds is 4. The molecule has 1 aromatic rings. The Kier molecular flexibility index (Phi) is 4.58. The van der Waals surface area contributed by atoms with Crippen LogP contribution in [0.5, 0.6) is 0 Å². The molecule has 0 unspecified atom stereocenters. The van der Waals surface area contributed by atoms with Crippen LogP contribution >= 0.6 is 0 Å². The van der Waals surface area contributed by atoms with Gasteiger partial charge in [-0.25, -0.2) is 0 Å². The van der Waals surface area contributed by atoms with E-state index in [0.29, 0.717) is 12.5 Å². The van der Waals surface area contributed by atoms with Crippen LogP contribution in [0.4, 0.5) is 0 Å². The van der Waals surface area contributed by atoms with Crippen LogP contribution in [0.25, 0.3) is 0 Å². The molecule has 0 aliphatic carbocycles. The highest BCUT2D eigenvalue weighted by atomic mass is 16.2. The van der Waals surface area contributed by atoms with E-state index in [1.165, 1.54) is 5.56 Å². The number of likely N-dealkylation sites (tertiary alicyclic amines) is 2. The van der Waals surface area contributed by atoms with Crippen molar-refractivity contribution in [2.75, 3.05) is 40.3 Å². The number of amides is 2. The van der Waals surface area contributed by atoms with Crippen LogP contribution in [-0.2, 0) is 16.1 Å². The predicted octanol–water partition coefficient (Wildman–Crippen LogP) is 0.840.